The van der Waals surface area contributed by atoms with Crippen molar-refractivity contribution in [3.8, 4) is 0 Å². The number of carbonyl (C=O) groups excluding carboxylic acids is 2. The molecule has 2 atom stereocenters. The first-order valence-corrected chi connectivity index (χ1v) is 14.9. The fourth-order valence-corrected chi connectivity index (χ4v) is 5.61. The van der Waals surface area contributed by atoms with Gasteiger partial charge in [-0.25, -0.2) is 9.99 Å². The van der Waals surface area contributed by atoms with Crippen LogP contribution in [0.25, 0.3) is 0 Å². The number of benzene rings is 1. The van der Waals surface area contributed by atoms with E-state index in [9.17, 15) is 22.6 Å². The zero-order valence-corrected chi connectivity index (χ0v) is 24.3. The van der Waals surface area contributed by atoms with Crippen LogP contribution in [-0.2, 0) is 14.9 Å². The van der Waals surface area contributed by atoms with Crippen LogP contribution in [0, 0.1) is 12.8 Å². The summed E-state index contributed by atoms with van der Waals surface area (Å²) in [7, 11) is -4.50. The zero-order chi connectivity index (χ0) is 29.5. The van der Waals surface area contributed by atoms with Gasteiger partial charge in [-0.1, -0.05) is 23.2 Å². The molecule has 214 valence electrons. The number of anilines is 2. The Morgan fingerprint density at radius 2 is 1.88 bits per heavy atom. The van der Waals surface area contributed by atoms with Gasteiger partial charge < -0.3 is 10.6 Å². The molecule has 14 heteroatoms. The molecule has 0 saturated heterocycles. The summed E-state index contributed by atoms with van der Waals surface area (Å²) in [5, 5.41) is 12.3. The summed E-state index contributed by atoms with van der Waals surface area (Å²) < 4.78 is 32.9. The first kappa shape index (κ1) is 28.9. The minimum atomic E-state index is -4.50. The Morgan fingerprint density at radius 1 is 1.12 bits per heavy atom. The molecule has 3 heterocycles. The van der Waals surface area contributed by atoms with Gasteiger partial charge in [-0.2, -0.15) is 13.5 Å². The number of hydrazone groups is 1. The van der Waals surface area contributed by atoms with Gasteiger partial charge in [-0.3, -0.25) is 19.1 Å². The van der Waals surface area contributed by atoms with Crippen LogP contribution in [0.5, 0.6) is 0 Å². The topological polar surface area (TPSA) is 154 Å². The maximum atomic E-state index is 13.8. The molecule has 3 aromatic rings. The lowest BCUT2D eigenvalue weighted by Gasteiger charge is -2.24. The maximum Gasteiger partial charge on any atom is 0.294 e. The van der Waals surface area contributed by atoms with Gasteiger partial charge in [0, 0.05) is 29.9 Å². The number of rotatable bonds is 8. The van der Waals surface area contributed by atoms with Gasteiger partial charge in [0.1, 0.15) is 6.04 Å². The second-order valence-corrected chi connectivity index (χ2v) is 12.3. The van der Waals surface area contributed by atoms with E-state index in [1.165, 1.54) is 29.5 Å². The maximum absolute atomic E-state index is 13.8. The summed E-state index contributed by atoms with van der Waals surface area (Å²) in [6, 6.07) is 7.67. The van der Waals surface area contributed by atoms with Crippen molar-refractivity contribution in [3.05, 3.63) is 75.7 Å². The van der Waals surface area contributed by atoms with Crippen LogP contribution in [0.4, 0.5) is 11.5 Å². The first-order chi connectivity index (χ1) is 19.4. The van der Waals surface area contributed by atoms with Gasteiger partial charge in [0.05, 0.1) is 32.6 Å². The Hall–Kier alpha value is -3.58. The Balaban J connectivity index is 1.48. The third-order valence-corrected chi connectivity index (χ3v) is 8.34. The molecule has 1 aliphatic carbocycles. The molecule has 2 aromatic heterocycles. The highest BCUT2D eigenvalue weighted by Crippen LogP contribution is 2.34. The molecule has 2 aliphatic rings. The minimum absolute atomic E-state index is 0.00640. The molecule has 3 N–H and O–H groups in total. The molecule has 11 nitrogen and oxygen atoms in total. The lowest BCUT2D eigenvalue weighted by Crippen LogP contribution is -2.40. The summed E-state index contributed by atoms with van der Waals surface area (Å²) in [5.41, 5.74) is 1.51. The number of nitrogens with one attached hydrogen (secondary N) is 2. The van der Waals surface area contributed by atoms with Crippen molar-refractivity contribution >= 4 is 62.4 Å². The molecule has 2 amide bonds. The van der Waals surface area contributed by atoms with Crippen LogP contribution in [-0.4, -0.2) is 52.5 Å². The minimum Gasteiger partial charge on any atom is -0.349 e. The molecule has 0 spiro atoms. The zero-order valence-electron chi connectivity index (χ0n) is 22.0. The second kappa shape index (κ2) is 11.4. The number of halogens is 2. The van der Waals surface area contributed by atoms with Gasteiger partial charge in [0.2, 0.25) is 5.91 Å². The third-order valence-electron chi connectivity index (χ3n) is 6.98. The van der Waals surface area contributed by atoms with Crippen molar-refractivity contribution in [2.45, 2.75) is 50.1 Å². The van der Waals surface area contributed by atoms with Crippen LogP contribution in [0.3, 0.4) is 0 Å². The number of aromatic nitrogens is 2. The average Bonchev–Trinajstić information content (AvgIpc) is 3.68. The SMILES string of the molecule is Cc1cc(Cl)cc(C(=O)NC(C)C2CC2)c1NC(=O)C1CC(c2cc(S(=O)(=O)O)ccn2)=NN1c1ncccc1Cl. The van der Waals surface area contributed by atoms with E-state index in [0.717, 1.165) is 18.9 Å². The number of carbonyl (C=O) groups is 2. The molecular weight excluding hydrogens is 591 g/mol. The smallest absolute Gasteiger partial charge is 0.294 e. The Morgan fingerprint density at radius 3 is 2.56 bits per heavy atom. The lowest BCUT2D eigenvalue weighted by atomic mass is 10.0. The van der Waals surface area contributed by atoms with Gasteiger partial charge in [0.15, 0.2) is 5.82 Å². The molecule has 0 bridgehead atoms. The van der Waals surface area contributed by atoms with Gasteiger partial charge in [0.25, 0.3) is 16.0 Å². The summed E-state index contributed by atoms with van der Waals surface area (Å²) in [6.07, 6.45) is 4.81. The number of nitrogens with zero attached hydrogens (tertiary/aromatic N) is 4. The predicted molar refractivity (Wildman–Crippen MR) is 155 cm³/mol. The summed E-state index contributed by atoms with van der Waals surface area (Å²) in [4.78, 5) is 35.2. The molecule has 0 radical (unpaired) electrons. The molecular formula is C27H26Cl2N6O5S. The second-order valence-electron chi connectivity index (χ2n) is 10.0. The number of pyridine rings is 2. The lowest BCUT2D eigenvalue weighted by molar-refractivity contribution is -0.117. The summed E-state index contributed by atoms with van der Waals surface area (Å²) >= 11 is 12.7. The predicted octanol–water partition coefficient (Wildman–Crippen LogP) is 4.49. The quantitative estimate of drug-likeness (QED) is 0.313. The average molecular weight is 618 g/mol. The summed E-state index contributed by atoms with van der Waals surface area (Å²) in [5.74, 6) is -0.258. The highest BCUT2D eigenvalue weighted by molar-refractivity contribution is 7.85. The van der Waals surface area contributed by atoms with E-state index in [0.29, 0.717) is 22.2 Å². The van der Waals surface area contributed by atoms with Crippen molar-refractivity contribution in [3.63, 3.8) is 0 Å². The van der Waals surface area contributed by atoms with E-state index in [2.05, 4.69) is 25.7 Å². The van der Waals surface area contributed by atoms with Gasteiger partial charge in [-0.15, -0.1) is 0 Å². The van der Waals surface area contributed by atoms with Crippen molar-refractivity contribution < 1.29 is 22.6 Å². The Kier molecular flexibility index (Phi) is 8.02. The number of hydrogen-bond donors (Lipinski definition) is 3. The van der Waals surface area contributed by atoms with E-state index < -0.39 is 22.1 Å². The number of hydrogen-bond acceptors (Lipinski definition) is 8. The van der Waals surface area contributed by atoms with Crippen molar-refractivity contribution in [2.24, 2.45) is 11.0 Å². The number of amides is 2. The highest BCUT2D eigenvalue weighted by Gasteiger charge is 2.37. The standard InChI is InChI=1S/C27H26Cl2N6O5S/c1-14-10-17(28)11-19(26(36)32-15(2)16-5-6-16)24(14)33-27(37)23-13-22(21-12-18(7-9-30-21)41(38,39)40)34-35(23)25-20(29)4-3-8-31-25/h3-4,7-12,15-16,23H,5-6,13H2,1-2H3,(H,32,36)(H,33,37)(H,38,39,40). The van der Waals surface area contributed by atoms with Gasteiger partial charge in [-0.05, 0) is 74.6 Å². The van der Waals surface area contributed by atoms with Crippen LogP contribution in [0.1, 0.15) is 47.8 Å². The molecule has 1 fully saturated rings. The van der Waals surface area contributed by atoms with Crippen molar-refractivity contribution in [2.75, 3.05) is 10.3 Å². The largest absolute Gasteiger partial charge is 0.349 e. The van der Waals surface area contributed by atoms with Crippen LogP contribution in [0.15, 0.2) is 58.8 Å². The van der Waals surface area contributed by atoms with Crippen LogP contribution in [0.2, 0.25) is 10.0 Å². The van der Waals surface area contributed by atoms with E-state index in [-0.39, 0.29) is 51.1 Å². The van der Waals surface area contributed by atoms with Gasteiger partial charge >= 0.3 is 0 Å². The molecule has 1 aromatic carbocycles. The van der Waals surface area contributed by atoms with E-state index in [4.69, 9.17) is 23.2 Å². The Labute approximate surface area is 246 Å². The van der Waals surface area contributed by atoms with Crippen LogP contribution >= 0.6 is 23.2 Å². The van der Waals surface area contributed by atoms with E-state index >= 15 is 0 Å². The monoisotopic (exact) mass is 616 g/mol. The molecule has 5 rings (SSSR count). The van der Waals surface area contributed by atoms with Crippen LogP contribution < -0.4 is 15.6 Å². The summed E-state index contributed by atoms with van der Waals surface area (Å²) in [6.45, 7) is 3.68. The fourth-order valence-electron chi connectivity index (χ4n) is 4.63. The fraction of sp³-hybridized carbons (Fsp3) is 0.296. The molecule has 2 unspecified atom stereocenters. The third kappa shape index (κ3) is 6.35. The van der Waals surface area contributed by atoms with Crippen molar-refractivity contribution in [1.29, 1.82) is 0 Å². The molecule has 1 aliphatic heterocycles. The van der Waals surface area contributed by atoms with E-state index in [1.807, 2.05) is 6.92 Å². The van der Waals surface area contributed by atoms with E-state index in [1.54, 1.807) is 25.1 Å². The highest BCUT2D eigenvalue weighted by atomic mass is 35.5. The molecule has 1 saturated carbocycles. The van der Waals surface area contributed by atoms with Crippen molar-refractivity contribution in [1.82, 2.24) is 15.3 Å². The normalized spacial score (nSPS) is 17.6. The number of aryl methyl sites for hydroxylation is 1. The molecule has 41 heavy (non-hydrogen) atoms. The first-order valence-electron chi connectivity index (χ1n) is 12.8. The Bertz CT molecular complexity index is 1680.